The number of anilines is 1. The molecule has 5 nitrogen and oxygen atoms in total. The van der Waals surface area contributed by atoms with Gasteiger partial charge in [0.15, 0.2) is 0 Å². The zero-order chi connectivity index (χ0) is 18.9. The Bertz CT molecular complexity index is 815. The molecule has 2 heterocycles. The molecule has 0 bridgehead atoms. The molecule has 0 spiro atoms. The van der Waals surface area contributed by atoms with Gasteiger partial charge in [-0.15, -0.1) is 0 Å². The van der Waals surface area contributed by atoms with Crippen molar-refractivity contribution < 1.29 is 27.8 Å². The summed E-state index contributed by atoms with van der Waals surface area (Å²) in [4.78, 5) is 17.4. The fourth-order valence-electron chi connectivity index (χ4n) is 3.39. The standard InChI is InChI=1S/C18H19F3N2O3/c1-26-14-7-12-6-13(17(24)25)10-22-16(12)15(8-14)23-4-2-11(3-5-23)9-18(19,20)21/h6-8,10-11H,2-5,9H2,1H3,(H,24,25). The number of methoxy groups -OCH3 is 1. The van der Waals surface area contributed by atoms with E-state index in [2.05, 4.69) is 4.98 Å². The van der Waals surface area contributed by atoms with E-state index in [1.165, 1.54) is 19.4 Å². The summed E-state index contributed by atoms with van der Waals surface area (Å²) >= 11 is 0. The maximum absolute atomic E-state index is 12.6. The highest BCUT2D eigenvalue weighted by Gasteiger charge is 2.33. The van der Waals surface area contributed by atoms with E-state index in [0.29, 0.717) is 42.6 Å². The summed E-state index contributed by atoms with van der Waals surface area (Å²) in [6, 6.07) is 5.02. The number of hydrogen-bond acceptors (Lipinski definition) is 4. The van der Waals surface area contributed by atoms with Crippen molar-refractivity contribution in [3.8, 4) is 5.75 Å². The van der Waals surface area contributed by atoms with Crippen LogP contribution in [0.2, 0.25) is 0 Å². The summed E-state index contributed by atoms with van der Waals surface area (Å²) in [6.45, 7) is 0.983. The van der Waals surface area contributed by atoms with Crippen LogP contribution >= 0.6 is 0 Å². The van der Waals surface area contributed by atoms with Crippen LogP contribution in [0.15, 0.2) is 24.4 Å². The highest BCUT2D eigenvalue weighted by molar-refractivity contribution is 5.97. The number of alkyl halides is 3. The quantitative estimate of drug-likeness (QED) is 0.880. The van der Waals surface area contributed by atoms with Crippen LogP contribution in [-0.4, -0.2) is 42.4 Å². The first kappa shape index (κ1) is 18.3. The van der Waals surface area contributed by atoms with E-state index in [1.54, 1.807) is 12.1 Å². The van der Waals surface area contributed by atoms with Crippen molar-refractivity contribution in [2.45, 2.75) is 25.4 Å². The summed E-state index contributed by atoms with van der Waals surface area (Å²) in [5, 5.41) is 9.76. The lowest BCUT2D eigenvalue weighted by Gasteiger charge is -2.34. The average molecular weight is 368 g/mol. The molecule has 140 valence electrons. The van der Waals surface area contributed by atoms with Gasteiger partial charge in [-0.3, -0.25) is 4.98 Å². The van der Waals surface area contributed by atoms with Gasteiger partial charge in [0.25, 0.3) is 0 Å². The van der Waals surface area contributed by atoms with Crippen molar-refractivity contribution in [3.05, 3.63) is 30.0 Å². The average Bonchev–Trinajstić information content (AvgIpc) is 2.59. The number of rotatable bonds is 4. The molecule has 1 aliphatic rings. The smallest absolute Gasteiger partial charge is 0.389 e. The fourth-order valence-corrected chi connectivity index (χ4v) is 3.39. The Labute approximate surface area is 148 Å². The normalized spacial score (nSPS) is 16.1. The Morgan fingerprint density at radius 1 is 1.31 bits per heavy atom. The van der Waals surface area contributed by atoms with Gasteiger partial charge in [-0.1, -0.05) is 0 Å². The molecular weight excluding hydrogens is 349 g/mol. The van der Waals surface area contributed by atoms with Crippen LogP contribution in [-0.2, 0) is 0 Å². The zero-order valence-corrected chi connectivity index (χ0v) is 14.2. The summed E-state index contributed by atoms with van der Waals surface area (Å²) in [6.07, 6.45) is -2.70. The second-order valence-electron chi connectivity index (χ2n) is 6.50. The van der Waals surface area contributed by atoms with Crippen LogP contribution in [0.5, 0.6) is 5.75 Å². The van der Waals surface area contributed by atoms with Gasteiger partial charge in [-0.2, -0.15) is 13.2 Å². The molecule has 0 amide bonds. The molecule has 1 aromatic carbocycles. The second kappa shape index (κ2) is 7.01. The van der Waals surface area contributed by atoms with Crippen molar-refractivity contribution in [2.24, 2.45) is 5.92 Å². The molecule has 0 aliphatic carbocycles. The first-order valence-electron chi connectivity index (χ1n) is 8.29. The third kappa shape index (κ3) is 4.00. The second-order valence-corrected chi connectivity index (χ2v) is 6.50. The molecule has 3 rings (SSSR count). The molecule has 26 heavy (non-hydrogen) atoms. The molecule has 1 saturated heterocycles. The van der Waals surface area contributed by atoms with E-state index in [9.17, 15) is 18.0 Å². The Hall–Kier alpha value is -2.51. The van der Waals surface area contributed by atoms with E-state index in [4.69, 9.17) is 9.84 Å². The Morgan fingerprint density at radius 3 is 2.58 bits per heavy atom. The van der Waals surface area contributed by atoms with Crippen molar-refractivity contribution in [1.29, 1.82) is 0 Å². The summed E-state index contributed by atoms with van der Waals surface area (Å²) < 4.78 is 43.0. The number of fused-ring (bicyclic) bond motifs is 1. The molecule has 1 aliphatic heterocycles. The third-order valence-electron chi connectivity index (χ3n) is 4.69. The number of piperidine rings is 1. The van der Waals surface area contributed by atoms with E-state index in [-0.39, 0.29) is 11.5 Å². The number of pyridine rings is 1. The molecule has 8 heteroatoms. The third-order valence-corrected chi connectivity index (χ3v) is 4.69. The monoisotopic (exact) mass is 368 g/mol. The van der Waals surface area contributed by atoms with Gasteiger partial charge >= 0.3 is 12.1 Å². The molecule has 1 fully saturated rings. The van der Waals surface area contributed by atoms with Gasteiger partial charge in [-0.05, 0) is 30.9 Å². The number of aromatic nitrogens is 1. The Morgan fingerprint density at radius 2 is 2.00 bits per heavy atom. The van der Waals surface area contributed by atoms with Gasteiger partial charge in [0.1, 0.15) is 5.75 Å². The van der Waals surface area contributed by atoms with E-state index >= 15 is 0 Å². The first-order valence-corrected chi connectivity index (χ1v) is 8.29. The van der Waals surface area contributed by atoms with Crippen LogP contribution in [0.1, 0.15) is 29.6 Å². The predicted molar refractivity (Wildman–Crippen MR) is 90.9 cm³/mol. The minimum atomic E-state index is -4.13. The maximum Gasteiger partial charge on any atom is 0.389 e. The number of carbonyl (C=O) groups is 1. The largest absolute Gasteiger partial charge is 0.497 e. The van der Waals surface area contributed by atoms with Crippen molar-refractivity contribution >= 4 is 22.6 Å². The number of aromatic carboxylic acids is 1. The molecule has 0 atom stereocenters. The Balaban J connectivity index is 1.89. The number of halogens is 3. The highest BCUT2D eigenvalue weighted by atomic mass is 19.4. The van der Waals surface area contributed by atoms with E-state index in [0.717, 1.165) is 5.69 Å². The van der Waals surface area contributed by atoms with Crippen LogP contribution < -0.4 is 9.64 Å². The van der Waals surface area contributed by atoms with Crippen molar-refractivity contribution in [1.82, 2.24) is 4.98 Å². The lowest BCUT2D eigenvalue weighted by molar-refractivity contribution is -0.145. The van der Waals surface area contributed by atoms with Gasteiger partial charge in [0, 0.05) is 37.2 Å². The van der Waals surface area contributed by atoms with E-state index in [1.807, 2.05) is 4.90 Å². The van der Waals surface area contributed by atoms with Crippen LogP contribution in [0.25, 0.3) is 10.9 Å². The predicted octanol–water partition coefficient (Wildman–Crippen LogP) is 4.11. The minimum Gasteiger partial charge on any atom is -0.497 e. The lowest BCUT2D eigenvalue weighted by atomic mass is 9.93. The van der Waals surface area contributed by atoms with Crippen molar-refractivity contribution in [2.75, 3.05) is 25.1 Å². The topological polar surface area (TPSA) is 62.7 Å². The van der Waals surface area contributed by atoms with Crippen LogP contribution in [0, 0.1) is 5.92 Å². The molecule has 0 unspecified atom stereocenters. The van der Waals surface area contributed by atoms with Crippen LogP contribution in [0.3, 0.4) is 0 Å². The molecular formula is C18H19F3N2O3. The van der Waals surface area contributed by atoms with Gasteiger partial charge in [0.05, 0.1) is 23.9 Å². The fraction of sp³-hybridized carbons (Fsp3) is 0.444. The summed E-state index contributed by atoms with van der Waals surface area (Å²) in [5.41, 5.74) is 1.44. The molecule has 2 aromatic rings. The molecule has 0 saturated carbocycles. The minimum absolute atomic E-state index is 0.0700. The van der Waals surface area contributed by atoms with Gasteiger partial charge in [-0.25, -0.2) is 4.79 Å². The Kier molecular flexibility index (Phi) is 4.93. The number of nitrogens with zero attached hydrogens (tertiary/aromatic N) is 2. The maximum atomic E-state index is 12.6. The van der Waals surface area contributed by atoms with Crippen LogP contribution in [0.4, 0.5) is 18.9 Å². The zero-order valence-electron chi connectivity index (χ0n) is 14.2. The molecule has 1 N–H and O–H groups in total. The van der Waals surface area contributed by atoms with Crippen molar-refractivity contribution in [3.63, 3.8) is 0 Å². The molecule has 0 radical (unpaired) electrons. The van der Waals surface area contributed by atoms with Gasteiger partial charge < -0.3 is 14.7 Å². The van der Waals surface area contributed by atoms with E-state index < -0.39 is 18.6 Å². The number of ether oxygens (including phenoxy) is 1. The summed E-state index contributed by atoms with van der Waals surface area (Å²) in [7, 11) is 1.51. The lowest BCUT2D eigenvalue weighted by Crippen LogP contribution is -2.35. The molecule has 1 aromatic heterocycles. The number of carboxylic acid groups (broad SMARTS) is 1. The number of carboxylic acids is 1. The summed E-state index contributed by atoms with van der Waals surface area (Å²) in [5.74, 6) is -0.888. The highest BCUT2D eigenvalue weighted by Crippen LogP contribution is 2.36. The first-order chi connectivity index (χ1) is 12.3. The SMILES string of the molecule is COc1cc(N2CCC(CC(F)(F)F)CC2)c2ncc(C(=O)O)cc2c1. The number of hydrogen-bond donors (Lipinski definition) is 1. The number of benzene rings is 1. The van der Waals surface area contributed by atoms with Gasteiger partial charge in [0.2, 0.25) is 0 Å².